The summed E-state index contributed by atoms with van der Waals surface area (Å²) in [6.07, 6.45) is 2.26. The Kier molecular flexibility index (Phi) is 5.40. The lowest BCUT2D eigenvalue weighted by molar-refractivity contribution is -0.117. The second-order valence-electron chi connectivity index (χ2n) is 5.52. The van der Waals surface area contributed by atoms with Crippen molar-refractivity contribution in [1.29, 1.82) is 0 Å². The van der Waals surface area contributed by atoms with Crippen LogP contribution in [0, 0.1) is 5.92 Å². The number of likely N-dealkylation sites (tertiary alicyclic amines) is 1. The van der Waals surface area contributed by atoms with E-state index in [9.17, 15) is 4.79 Å². The van der Waals surface area contributed by atoms with Crippen LogP contribution in [0.4, 0.5) is 5.69 Å². The molecule has 4 nitrogen and oxygen atoms in total. The third-order valence-electron chi connectivity index (χ3n) is 3.80. The van der Waals surface area contributed by atoms with Gasteiger partial charge in [0.15, 0.2) is 0 Å². The van der Waals surface area contributed by atoms with Crippen LogP contribution in [0.1, 0.15) is 19.8 Å². The Balaban J connectivity index is 1.87. The number of anilines is 1. The molecule has 2 atom stereocenters. The van der Waals surface area contributed by atoms with Gasteiger partial charge >= 0.3 is 0 Å². The van der Waals surface area contributed by atoms with Crippen molar-refractivity contribution in [2.75, 3.05) is 25.0 Å². The van der Waals surface area contributed by atoms with E-state index in [2.05, 4.69) is 10.2 Å². The molecule has 3 N–H and O–H groups in total. The van der Waals surface area contributed by atoms with Crippen molar-refractivity contribution < 1.29 is 4.79 Å². The summed E-state index contributed by atoms with van der Waals surface area (Å²) >= 11 is 6.03. The van der Waals surface area contributed by atoms with E-state index in [1.54, 1.807) is 12.1 Å². The number of para-hydroxylation sites is 1. The van der Waals surface area contributed by atoms with E-state index >= 15 is 0 Å². The minimum Gasteiger partial charge on any atom is -0.328 e. The molecule has 110 valence electrons. The predicted octanol–water partition coefficient (Wildman–Crippen LogP) is 2.34. The Labute approximate surface area is 125 Å². The van der Waals surface area contributed by atoms with Gasteiger partial charge in [-0.15, -0.1) is 0 Å². The topological polar surface area (TPSA) is 58.4 Å². The fraction of sp³-hybridized carbons (Fsp3) is 0.533. The number of carbonyl (C=O) groups is 1. The number of rotatable bonds is 4. The van der Waals surface area contributed by atoms with Gasteiger partial charge in [0, 0.05) is 12.6 Å². The van der Waals surface area contributed by atoms with Crippen molar-refractivity contribution in [1.82, 2.24) is 4.90 Å². The number of nitrogens with zero attached hydrogens (tertiary/aromatic N) is 1. The SMILES string of the molecule is CC(N)C1CCCN(CC(=O)Nc2ccccc2Cl)C1. The summed E-state index contributed by atoms with van der Waals surface area (Å²) in [6.45, 7) is 4.29. The third-order valence-corrected chi connectivity index (χ3v) is 4.13. The molecule has 0 aromatic heterocycles. The second-order valence-corrected chi connectivity index (χ2v) is 5.93. The first-order chi connectivity index (χ1) is 9.56. The van der Waals surface area contributed by atoms with Gasteiger partial charge in [-0.05, 0) is 44.4 Å². The van der Waals surface area contributed by atoms with Gasteiger partial charge in [0.05, 0.1) is 17.3 Å². The van der Waals surface area contributed by atoms with Crippen LogP contribution in [-0.2, 0) is 4.79 Å². The average molecular weight is 296 g/mol. The van der Waals surface area contributed by atoms with Crippen molar-refractivity contribution in [3.05, 3.63) is 29.3 Å². The number of nitrogens with two attached hydrogens (primary N) is 1. The smallest absolute Gasteiger partial charge is 0.238 e. The van der Waals surface area contributed by atoms with Crippen molar-refractivity contribution in [2.45, 2.75) is 25.8 Å². The van der Waals surface area contributed by atoms with Crippen LogP contribution in [0.25, 0.3) is 0 Å². The maximum atomic E-state index is 12.1. The lowest BCUT2D eigenvalue weighted by Crippen LogP contribution is -2.45. The summed E-state index contributed by atoms with van der Waals surface area (Å²) in [6, 6.07) is 7.46. The van der Waals surface area contributed by atoms with Crippen molar-refractivity contribution in [3.63, 3.8) is 0 Å². The fourth-order valence-corrected chi connectivity index (χ4v) is 2.80. The van der Waals surface area contributed by atoms with Gasteiger partial charge in [-0.2, -0.15) is 0 Å². The van der Waals surface area contributed by atoms with Crippen LogP contribution < -0.4 is 11.1 Å². The third kappa shape index (κ3) is 4.20. The maximum Gasteiger partial charge on any atom is 0.238 e. The molecule has 0 saturated carbocycles. The average Bonchev–Trinajstić information content (AvgIpc) is 2.41. The van der Waals surface area contributed by atoms with Crippen LogP contribution >= 0.6 is 11.6 Å². The number of halogens is 1. The molecule has 1 aromatic carbocycles. The first-order valence-electron chi connectivity index (χ1n) is 7.08. The summed E-state index contributed by atoms with van der Waals surface area (Å²) in [5, 5.41) is 3.42. The highest BCUT2D eigenvalue weighted by molar-refractivity contribution is 6.33. The van der Waals surface area contributed by atoms with Gasteiger partial charge in [0.25, 0.3) is 0 Å². The standard InChI is InChI=1S/C15H22ClN3O/c1-11(17)12-5-4-8-19(9-12)10-15(20)18-14-7-3-2-6-13(14)16/h2-3,6-7,11-12H,4-5,8-10,17H2,1H3,(H,18,20). The Morgan fingerprint density at radius 1 is 1.55 bits per heavy atom. The van der Waals surface area contributed by atoms with E-state index in [-0.39, 0.29) is 11.9 Å². The lowest BCUT2D eigenvalue weighted by atomic mass is 9.92. The molecule has 1 fully saturated rings. The molecule has 20 heavy (non-hydrogen) atoms. The van der Waals surface area contributed by atoms with E-state index in [4.69, 9.17) is 17.3 Å². The van der Waals surface area contributed by atoms with Gasteiger partial charge in [0.1, 0.15) is 0 Å². The Hall–Kier alpha value is -1.10. The number of hydrogen-bond acceptors (Lipinski definition) is 3. The highest BCUT2D eigenvalue weighted by Crippen LogP contribution is 2.21. The summed E-state index contributed by atoms with van der Waals surface area (Å²) < 4.78 is 0. The second kappa shape index (κ2) is 7.07. The van der Waals surface area contributed by atoms with Crippen molar-refractivity contribution in [2.24, 2.45) is 11.7 Å². The van der Waals surface area contributed by atoms with E-state index in [0.29, 0.717) is 23.2 Å². The minimum absolute atomic E-state index is 0.0246. The van der Waals surface area contributed by atoms with Crippen LogP contribution in [0.3, 0.4) is 0 Å². The molecule has 0 spiro atoms. The number of nitrogens with one attached hydrogen (secondary N) is 1. The number of piperidine rings is 1. The highest BCUT2D eigenvalue weighted by Gasteiger charge is 2.23. The van der Waals surface area contributed by atoms with Crippen LogP contribution in [0.15, 0.2) is 24.3 Å². The number of benzene rings is 1. The zero-order valence-electron chi connectivity index (χ0n) is 11.8. The molecule has 1 heterocycles. The number of amides is 1. The molecule has 1 aromatic rings. The van der Waals surface area contributed by atoms with Gasteiger partial charge in [0.2, 0.25) is 5.91 Å². The Morgan fingerprint density at radius 2 is 2.30 bits per heavy atom. The highest BCUT2D eigenvalue weighted by atomic mass is 35.5. The van der Waals surface area contributed by atoms with E-state index in [1.165, 1.54) is 0 Å². The summed E-state index contributed by atoms with van der Waals surface area (Å²) in [5.41, 5.74) is 6.63. The predicted molar refractivity (Wildman–Crippen MR) is 82.9 cm³/mol. The Morgan fingerprint density at radius 3 is 3.00 bits per heavy atom. The molecule has 0 bridgehead atoms. The first kappa shape index (κ1) is 15.3. The first-order valence-corrected chi connectivity index (χ1v) is 7.46. The fourth-order valence-electron chi connectivity index (χ4n) is 2.62. The van der Waals surface area contributed by atoms with Crippen molar-refractivity contribution >= 4 is 23.2 Å². The molecule has 0 aliphatic carbocycles. The largest absolute Gasteiger partial charge is 0.328 e. The molecule has 1 amide bonds. The normalized spacial score (nSPS) is 21.4. The molecule has 2 rings (SSSR count). The van der Waals surface area contributed by atoms with E-state index in [1.807, 2.05) is 19.1 Å². The molecule has 0 radical (unpaired) electrons. The molecule has 5 heteroatoms. The van der Waals surface area contributed by atoms with Crippen LogP contribution in [0.2, 0.25) is 5.02 Å². The minimum atomic E-state index is -0.0246. The molecule has 1 aliphatic heterocycles. The molecule has 2 unspecified atom stereocenters. The van der Waals surface area contributed by atoms with Gasteiger partial charge < -0.3 is 11.1 Å². The summed E-state index contributed by atoms with van der Waals surface area (Å²) in [5.74, 6) is 0.459. The van der Waals surface area contributed by atoms with Crippen molar-refractivity contribution in [3.8, 4) is 0 Å². The van der Waals surface area contributed by atoms with Gasteiger partial charge in [-0.3, -0.25) is 9.69 Å². The van der Waals surface area contributed by atoms with Crippen LogP contribution in [0.5, 0.6) is 0 Å². The zero-order chi connectivity index (χ0) is 14.5. The lowest BCUT2D eigenvalue weighted by Gasteiger charge is -2.34. The quantitative estimate of drug-likeness (QED) is 0.896. The summed E-state index contributed by atoms with van der Waals surface area (Å²) in [4.78, 5) is 14.2. The number of hydrogen-bond donors (Lipinski definition) is 2. The molecular formula is C15H22ClN3O. The van der Waals surface area contributed by atoms with E-state index in [0.717, 1.165) is 25.9 Å². The molecule has 1 aliphatic rings. The number of carbonyl (C=O) groups excluding carboxylic acids is 1. The molecular weight excluding hydrogens is 274 g/mol. The molecule has 1 saturated heterocycles. The monoisotopic (exact) mass is 295 g/mol. The summed E-state index contributed by atoms with van der Waals surface area (Å²) in [7, 11) is 0. The van der Waals surface area contributed by atoms with Gasteiger partial charge in [-0.1, -0.05) is 23.7 Å². The van der Waals surface area contributed by atoms with Crippen LogP contribution in [-0.4, -0.2) is 36.5 Å². The zero-order valence-corrected chi connectivity index (χ0v) is 12.6. The Bertz CT molecular complexity index is 464. The maximum absolute atomic E-state index is 12.1. The van der Waals surface area contributed by atoms with Gasteiger partial charge in [-0.25, -0.2) is 0 Å². The van der Waals surface area contributed by atoms with E-state index < -0.39 is 0 Å².